The number of amides is 2. The molecular formula is C23H24F3N5O2. The van der Waals surface area contributed by atoms with E-state index in [1.165, 1.54) is 23.9 Å². The van der Waals surface area contributed by atoms with Crippen molar-refractivity contribution >= 4 is 17.5 Å². The first-order valence-corrected chi connectivity index (χ1v) is 10.3. The second-order valence-corrected chi connectivity index (χ2v) is 7.91. The Morgan fingerprint density at radius 1 is 1.06 bits per heavy atom. The fourth-order valence-electron chi connectivity index (χ4n) is 3.40. The molecule has 0 radical (unpaired) electrons. The molecule has 0 fully saturated rings. The monoisotopic (exact) mass is 459 g/mol. The predicted molar refractivity (Wildman–Crippen MR) is 117 cm³/mol. The van der Waals surface area contributed by atoms with E-state index in [9.17, 15) is 22.8 Å². The standard InChI is InChI=1S/C23H24F3N5O2/c1-13(2)21-19(12-28-31(21)20-9-8-17(11-27-20)23(24,25)26)22(33)29-14(3)16-6-5-7-18(10-16)30-15(4)32/h5-14H,1-4H3,(H,29,33)(H,30,32). The lowest BCUT2D eigenvalue weighted by molar-refractivity contribution is -0.137. The SMILES string of the molecule is CC(=O)Nc1cccc(C(C)NC(=O)c2cnn(-c3ccc(C(F)(F)F)cn3)c2C(C)C)c1. The number of alkyl halides is 3. The summed E-state index contributed by atoms with van der Waals surface area (Å²) in [4.78, 5) is 28.2. The first-order chi connectivity index (χ1) is 15.5. The van der Waals surface area contributed by atoms with Crippen LogP contribution in [-0.4, -0.2) is 26.6 Å². The summed E-state index contributed by atoms with van der Waals surface area (Å²) < 4.78 is 39.9. The number of pyridine rings is 1. The zero-order chi connectivity index (χ0) is 24.3. The lowest BCUT2D eigenvalue weighted by atomic mass is 10.0. The van der Waals surface area contributed by atoms with Gasteiger partial charge in [0.05, 0.1) is 29.1 Å². The molecule has 2 aromatic heterocycles. The van der Waals surface area contributed by atoms with E-state index in [1.807, 2.05) is 26.8 Å². The number of hydrogen-bond acceptors (Lipinski definition) is 4. The summed E-state index contributed by atoms with van der Waals surface area (Å²) in [7, 11) is 0. The highest BCUT2D eigenvalue weighted by molar-refractivity contribution is 5.95. The molecule has 2 heterocycles. The second-order valence-electron chi connectivity index (χ2n) is 7.91. The molecule has 174 valence electrons. The van der Waals surface area contributed by atoms with Crippen LogP contribution >= 0.6 is 0 Å². The van der Waals surface area contributed by atoms with E-state index < -0.39 is 11.7 Å². The van der Waals surface area contributed by atoms with Crippen molar-refractivity contribution < 1.29 is 22.8 Å². The minimum atomic E-state index is -4.49. The number of hydrogen-bond donors (Lipinski definition) is 2. The van der Waals surface area contributed by atoms with Crippen molar-refractivity contribution in [2.75, 3.05) is 5.32 Å². The van der Waals surface area contributed by atoms with Gasteiger partial charge in [-0.1, -0.05) is 26.0 Å². The highest BCUT2D eigenvalue weighted by Gasteiger charge is 2.31. The molecule has 33 heavy (non-hydrogen) atoms. The number of rotatable bonds is 6. The van der Waals surface area contributed by atoms with Crippen molar-refractivity contribution in [3.63, 3.8) is 0 Å². The zero-order valence-corrected chi connectivity index (χ0v) is 18.6. The largest absolute Gasteiger partial charge is 0.417 e. The van der Waals surface area contributed by atoms with Crippen molar-refractivity contribution in [1.82, 2.24) is 20.1 Å². The second kappa shape index (κ2) is 9.43. The van der Waals surface area contributed by atoms with Crippen LogP contribution in [0.3, 0.4) is 0 Å². The molecule has 2 N–H and O–H groups in total. The Morgan fingerprint density at radius 2 is 1.79 bits per heavy atom. The van der Waals surface area contributed by atoms with E-state index >= 15 is 0 Å². The van der Waals surface area contributed by atoms with Crippen LogP contribution in [0.4, 0.5) is 18.9 Å². The van der Waals surface area contributed by atoms with Gasteiger partial charge < -0.3 is 10.6 Å². The molecule has 0 aliphatic heterocycles. The Hall–Kier alpha value is -3.69. The van der Waals surface area contributed by atoms with Crippen LogP contribution in [-0.2, 0) is 11.0 Å². The summed E-state index contributed by atoms with van der Waals surface area (Å²) >= 11 is 0. The molecule has 3 rings (SSSR count). The molecule has 0 bridgehead atoms. The Balaban J connectivity index is 1.86. The Bertz CT molecular complexity index is 1150. The molecule has 0 aliphatic rings. The fraction of sp³-hybridized carbons (Fsp3) is 0.304. The lowest BCUT2D eigenvalue weighted by Gasteiger charge is -2.17. The average Bonchev–Trinajstić information content (AvgIpc) is 3.18. The van der Waals surface area contributed by atoms with Crippen LogP contribution in [0.15, 0.2) is 48.8 Å². The summed E-state index contributed by atoms with van der Waals surface area (Å²) in [5.74, 6) is -0.554. The van der Waals surface area contributed by atoms with Gasteiger partial charge in [0.25, 0.3) is 5.91 Å². The van der Waals surface area contributed by atoms with Gasteiger partial charge in [-0.25, -0.2) is 9.67 Å². The average molecular weight is 459 g/mol. The summed E-state index contributed by atoms with van der Waals surface area (Å²) in [5.41, 5.74) is 1.37. The number of nitrogens with one attached hydrogen (secondary N) is 2. The van der Waals surface area contributed by atoms with Gasteiger partial charge in [0, 0.05) is 18.8 Å². The molecule has 0 spiro atoms. The third-order valence-electron chi connectivity index (χ3n) is 4.94. The van der Waals surface area contributed by atoms with E-state index in [1.54, 1.807) is 18.2 Å². The Labute approximate surface area is 189 Å². The van der Waals surface area contributed by atoms with Crippen molar-refractivity contribution in [3.05, 3.63) is 71.2 Å². The van der Waals surface area contributed by atoms with Crippen LogP contribution < -0.4 is 10.6 Å². The number of anilines is 1. The normalized spacial score (nSPS) is 12.5. The molecule has 7 nitrogen and oxygen atoms in total. The van der Waals surface area contributed by atoms with Gasteiger partial charge in [-0.05, 0) is 42.7 Å². The van der Waals surface area contributed by atoms with E-state index in [0.29, 0.717) is 16.9 Å². The van der Waals surface area contributed by atoms with Crippen molar-refractivity contribution in [1.29, 1.82) is 0 Å². The summed E-state index contributed by atoms with van der Waals surface area (Å²) in [6.07, 6.45) is -2.37. The topological polar surface area (TPSA) is 88.9 Å². The number of benzene rings is 1. The zero-order valence-electron chi connectivity index (χ0n) is 18.6. The molecule has 2 amide bonds. The fourth-order valence-corrected chi connectivity index (χ4v) is 3.40. The summed E-state index contributed by atoms with van der Waals surface area (Å²) in [6, 6.07) is 8.89. The predicted octanol–water partition coefficient (Wildman–Crippen LogP) is 4.86. The van der Waals surface area contributed by atoms with Crippen LogP contribution in [0.25, 0.3) is 5.82 Å². The quantitative estimate of drug-likeness (QED) is 0.551. The van der Waals surface area contributed by atoms with Crippen LogP contribution in [0, 0.1) is 0 Å². The number of halogens is 3. The molecule has 0 aliphatic carbocycles. The van der Waals surface area contributed by atoms with Gasteiger partial charge in [-0.15, -0.1) is 0 Å². The molecular weight excluding hydrogens is 435 g/mol. The highest BCUT2D eigenvalue weighted by Crippen LogP contribution is 2.29. The summed E-state index contributed by atoms with van der Waals surface area (Å²) in [5, 5.41) is 9.82. The molecule has 1 unspecified atom stereocenters. The lowest BCUT2D eigenvalue weighted by Crippen LogP contribution is -2.27. The van der Waals surface area contributed by atoms with Crippen molar-refractivity contribution in [2.45, 2.75) is 45.8 Å². The van der Waals surface area contributed by atoms with Gasteiger partial charge in [0.1, 0.15) is 0 Å². The first kappa shape index (κ1) is 24.0. The maximum Gasteiger partial charge on any atom is 0.417 e. The number of carbonyl (C=O) groups is 2. The molecule has 0 saturated heterocycles. The molecule has 0 saturated carbocycles. The van der Waals surface area contributed by atoms with Gasteiger partial charge in [0.15, 0.2) is 5.82 Å². The number of nitrogens with zero attached hydrogens (tertiary/aromatic N) is 3. The number of aromatic nitrogens is 3. The molecule has 1 atom stereocenters. The van der Waals surface area contributed by atoms with Gasteiger partial charge in [-0.2, -0.15) is 18.3 Å². The van der Waals surface area contributed by atoms with E-state index in [4.69, 9.17) is 0 Å². The first-order valence-electron chi connectivity index (χ1n) is 10.3. The van der Waals surface area contributed by atoms with Crippen LogP contribution in [0.5, 0.6) is 0 Å². The number of carbonyl (C=O) groups excluding carboxylic acids is 2. The van der Waals surface area contributed by atoms with Gasteiger partial charge in [-0.3, -0.25) is 9.59 Å². The maximum atomic E-state index is 13.0. The van der Waals surface area contributed by atoms with Crippen molar-refractivity contribution in [3.8, 4) is 5.82 Å². The Morgan fingerprint density at radius 3 is 2.36 bits per heavy atom. The minimum absolute atomic E-state index is 0.157. The smallest absolute Gasteiger partial charge is 0.345 e. The van der Waals surface area contributed by atoms with Crippen LogP contribution in [0.1, 0.15) is 66.8 Å². The van der Waals surface area contributed by atoms with Crippen molar-refractivity contribution in [2.24, 2.45) is 0 Å². The molecule has 10 heteroatoms. The molecule has 3 aromatic rings. The third-order valence-corrected chi connectivity index (χ3v) is 4.94. The van der Waals surface area contributed by atoms with E-state index in [2.05, 4.69) is 20.7 Å². The summed E-state index contributed by atoms with van der Waals surface area (Å²) in [6.45, 7) is 6.93. The Kier molecular flexibility index (Phi) is 6.85. The van der Waals surface area contributed by atoms with Crippen LogP contribution in [0.2, 0.25) is 0 Å². The maximum absolute atomic E-state index is 13.0. The minimum Gasteiger partial charge on any atom is -0.345 e. The highest BCUT2D eigenvalue weighted by atomic mass is 19.4. The van der Waals surface area contributed by atoms with E-state index in [0.717, 1.165) is 17.8 Å². The van der Waals surface area contributed by atoms with Gasteiger partial charge >= 0.3 is 6.18 Å². The van der Waals surface area contributed by atoms with Gasteiger partial charge in [0.2, 0.25) is 5.91 Å². The molecule has 1 aromatic carbocycles. The third kappa shape index (κ3) is 5.57. The van der Waals surface area contributed by atoms with E-state index in [-0.39, 0.29) is 29.6 Å².